The van der Waals surface area contributed by atoms with Crippen molar-refractivity contribution in [3.05, 3.63) is 257 Å². The largest absolute Gasteiger partial charge is 1.00 e. The van der Waals surface area contributed by atoms with Gasteiger partial charge in [-0.25, -0.2) is 37.5 Å². The number of ether oxygens (including phenoxy) is 4. The molecule has 125 heavy (non-hydrogen) atoms. The van der Waals surface area contributed by atoms with Gasteiger partial charge in [0.1, 0.15) is 34.3 Å². The van der Waals surface area contributed by atoms with Gasteiger partial charge in [0.2, 0.25) is 5.82 Å². The Labute approximate surface area is 789 Å². The third-order valence-electron chi connectivity index (χ3n) is 20.5. The van der Waals surface area contributed by atoms with Gasteiger partial charge in [-0.1, -0.05) is 20.8 Å². The molecule has 5 fully saturated rings. The molecule has 4 aromatic heterocycles. The van der Waals surface area contributed by atoms with Gasteiger partial charge in [0.25, 0.3) is 5.69 Å². The second-order valence-electron chi connectivity index (χ2n) is 30.9. The monoisotopic (exact) mass is 1930 g/mol. The van der Waals surface area contributed by atoms with E-state index in [0.717, 1.165) is 155 Å². The molecule has 0 aliphatic carbocycles. The van der Waals surface area contributed by atoms with Crippen LogP contribution in [0.3, 0.4) is 0 Å². The second kappa shape index (κ2) is 44.4. The molecular weight excluding hydrogens is 1840 g/mol. The second-order valence-corrected chi connectivity index (χ2v) is 33.4. The van der Waals surface area contributed by atoms with E-state index in [1.165, 1.54) is 17.8 Å². The Morgan fingerprint density at radius 3 is 1.22 bits per heavy atom. The number of benzene rings is 8. The van der Waals surface area contributed by atoms with Crippen LogP contribution < -0.4 is 104 Å². The molecule has 27 nitrogen and oxygen atoms in total. The van der Waals surface area contributed by atoms with E-state index in [1.807, 2.05) is 117 Å². The number of hydrogen-bond acceptors (Lipinski definition) is 23. The van der Waals surface area contributed by atoms with Crippen LogP contribution in [0.1, 0.15) is 60.1 Å². The summed E-state index contributed by atoms with van der Waals surface area (Å²) in [5, 5.41) is 34.1. The van der Waals surface area contributed by atoms with E-state index in [9.17, 15) is 42.9 Å². The molecule has 654 valence electrons. The molecule has 0 radical (unpaired) electrons. The van der Waals surface area contributed by atoms with E-state index in [-0.39, 0.29) is 102 Å². The van der Waals surface area contributed by atoms with Crippen molar-refractivity contribution in [1.29, 1.82) is 0 Å². The summed E-state index contributed by atoms with van der Waals surface area (Å²) in [6, 6.07) is 50.4. The van der Waals surface area contributed by atoms with Gasteiger partial charge in [-0.05, 0) is 258 Å². The van der Waals surface area contributed by atoms with E-state index in [4.69, 9.17) is 45.5 Å². The Hall–Kier alpha value is -9.29. The molecule has 37 heteroatoms. The zero-order chi connectivity index (χ0) is 89.3. The molecule has 5 aliphatic rings. The van der Waals surface area contributed by atoms with Crippen LogP contribution in [0.15, 0.2) is 196 Å². The summed E-state index contributed by atoms with van der Waals surface area (Å²) in [6.45, 7) is 29.9. The van der Waals surface area contributed by atoms with Gasteiger partial charge in [0.05, 0.1) is 98.4 Å². The van der Waals surface area contributed by atoms with E-state index in [0.29, 0.717) is 68.2 Å². The van der Waals surface area contributed by atoms with Crippen LogP contribution >= 0.6 is 47.8 Å². The van der Waals surface area contributed by atoms with Crippen molar-refractivity contribution in [2.45, 2.75) is 79.1 Å². The first kappa shape index (κ1) is 97.9. The molecule has 8 aromatic carbocycles. The smallest absolute Gasteiger partial charge is 0.850 e. The van der Waals surface area contributed by atoms with E-state index >= 15 is 4.39 Å². The van der Waals surface area contributed by atoms with Crippen LogP contribution in [-0.2, 0) is 28.3 Å². The summed E-state index contributed by atoms with van der Waals surface area (Å²) in [7, 11) is -0.365. The minimum atomic E-state index is -1.45. The number of morpholine rings is 4. The molecule has 0 bridgehead atoms. The first-order valence-electron chi connectivity index (χ1n) is 39.7. The Morgan fingerprint density at radius 2 is 0.808 bits per heavy atom. The number of hydrogen-bond donors (Lipinski definition) is 4. The maximum absolute atomic E-state index is 15.7. The molecule has 0 spiro atoms. The van der Waals surface area contributed by atoms with Gasteiger partial charge in [0.15, 0.2) is 29.0 Å². The number of nitrogens with zero attached hydrogens (tertiary/aromatic N) is 12. The summed E-state index contributed by atoms with van der Waals surface area (Å²) < 4.78 is 107. The summed E-state index contributed by atoms with van der Waals surface area (Å²) >= 11 is 9.00. The van der Waals surface area contributed by atoms with Gasteiger partial charge in [-0.2, -0.15) is 4.39 Å². The van der Waals surface area contributed by atoms with Crippen molar-refractivity contribution < 1.29 is 117 Å². The molecule has 5 aliphatic heterocycles. The number of rotatable bonds is 12. The average Bonchev–Trinajstić information content (AvgIpc) is 1.62. The van der Waals surface area contributed by atoms with Crippen LogP contribution in [0, 0.1) is 63.2 Å². The first-order valence-corrected chi connectivity index (χ1v) is 42.1. The number of nitro benzene ring substituents is 2. The summed E-state index contributed by atoms with van der Waals surface area (Å²) in [6.07, 6.45) is 3.25. The van der Waals surface area contributed by atoms with Crippen LogP contribution in [0.25, 0.3) is 44.6 Å². The van der Waals surface area contributed by atoms with Gasteiger partial charge in [0, 0.05) is 128 Å². The Kier molecular flexibility index (Phi) is 34.8. The number of fused-ring (bicyclic) bond motifs is 2. The quantitative estimate of drug-likeness (QED) is 0.0220. The molecular formula is C88H96BBr3F5KN16O11. The number of nitro groups is 2. The van der Waals surface area contributed by atoms with Crippen molar-refractivity contribution in [2.24, 2.45) is 0 Å². The van der Waals surface area contributed by atoms with Crippen molar-refractivity contribution in [1.82, 2.24) is 29.1 Å². The molecule has 0 saturated carbocycles. The van der Waals surface area contributed by atoms with E-state index in [1.54, 1.807) is 75.6 Å². The number of imidazole rings is 2. The molecule has 9 heterocycles. The maximum Gasteiger partial charge on any atom is 1.00 e. The molecule has 7 N–H and O–H groups in total. The molecule has 12 aromatic rings. The number of nitrogen functional groups attached to an aromatic ring is 3. The number of aryl methyl sites for hydroxylation is 2. The summed E-state index contributed by atoms with van der Waals surface area (Å²) in [5.74, 6) is -1.67. The fraction of sp³-hybridized carbons (Fsp3) is 0.318. The standard InChI is InChI=1S/C23H22FN5O.C18H17BrFN3O.C16H15BrFN3O3.C11H17BN2O2.C10H14N2O.C6H2BrF2NO2.C4H9O.K/c1-15-27-20-7-6-19(16-8-9-26-21(25)14-16)22(24)23(20)29(15)18-4-2-17(3-5-18)28-10-12-30-13-11-28;1-12-21-16-7-6-15(19)17(20)18(16)23(12)14-4-2-13(3-5-14)22-8-10-24-11-9-22;17-13-5-6-14(21(22)23)16(15(13)18)19-11-1-3-12(4-2-11)20-7-9-24-10-8-20;1-10(2)11(3,4)16-12(15-10)8-5-6-14-9(13)7-8;11-9-1-3-10(4-2-9)12-5-7-13-8-6-12;7-3-1-2-4(10(11)12)6(9)5(3)8;1-4(2,3)5;/h2-9,14H,10-13H2,1H3,(H2,25,26);2-7H,8-11H2,1H3;1-6,19H,7-10H2;5-7H,1-4H3,(H2,13,14);1-4H,5-8,11H2;1-2H;1-3H3;/q;;;;;;-1;+1. The Bertz CT molecular complexity index is 5630. The first-order chi connectivity index (χ1) is 59.0. The SMILES string of the molecule is CC(C)(C)[O-].CC1(C)OB(c2ccnc(N)c2)OC1(C)C.Cc1nc2ccc(-c3ccnc(N)c3)c(F)c2n1-c1ccc(N2CCOCC2)cc1.Cc1nc2ccc(Br)c(F)c2n1-c1ccc(N2CCOCC2)cc1.Nc1ccc(N2CCOCC2)cc1.O=[N+]([O-])c1ccc(Br)c(F)c1F.O=[N+]([O-])c1ccc(Br)c(F)c1Nc1ccc(N2CCOCC2)cc1.[K+]. The van der Waals surface area contributed by atoms with Crippen molar-refractivity contribution in [3.8, 4) is 22.5 Å². The molecule has 0 atom stereocenters. The zero-order valence-corrected chi connectivity index (χ0v) is 78.7. The minimum Gasteiger partial charge on any atom is -0.850 e. The molecule has 0 amide bonds. The third kappa shape index (κ3) is 25.8. The van der Waals surface area contributed by atoms with Crippen LogP contribution in [0.4, 0.5) is 84.8 Å². The fourth-order valence-electron chi connectivity index (χ4n) is 13.5. The van der Waals surface area contributed by atoms with Crippen molar-refractivity contribution >= 4 is 145 Å². The Morgan fingerprint density at radius 1 is 0.456 bits per heavy atom. The topological polar surface area (TPSA) is 329 Å². The van der Waals surface area contributed by atoms with Crippen LogP contribution in [-0.4, -0.2) is 168 Å². The van der Waals surface area contributed by atoms with Crippen LogP contribution in [0.5, 0.6) is 0 Å². The predicted molar refractivity (Wildman–Crippen MR) is 485 cm³/mol. The Balaban J connectivity index is 0.000000159. The van der Waals surface area contributed by atoms with Gasteiger partial charge >= 0.3 is 64.2 Å². The van der Waals surface area contributed by atoms with Crippen LogP contribution in [0.2, 0.25) is 0 Å². The zero-order valence-electron chi connectivity index (χ0n) is 70.8. The van der Waals surface area contributed by atoms with Gasteiger partial charge < -0.3 is 75.5 Å². The molecule has 0 unspecified atom stereocenters. The summed E-state index contributed by atoms with van der Waals surface area (Å²) in [4.78, 5) is 45.7. The fourth-order valence-corrected chi connectivity index (χ4v) is 14.4. The number of halogens is 8. The predicted octanol–water partition coefficient (Wildman–Crippen LogP) is 14.0. The van der Waals surface area contributed by atoms with Gasteiger partial charge in [-0.3, -0.25) is 29.4 Å². The number of pyridine rings is 2. The van der Waals surface area contributed by atoms with Gasteiger partial charge in [-0.15, -0.1) is 5.60 Å². The average molecular weight is 1940 g/mol. The number of aromatic nitrogens is 6. The number of anilines is 9. The van der Waals surface area contributed by atoms with E-state index < -0.39 is 38.6 Å². The minimum absolute atomic E-state index is 0. The number of nitrogens with one attached hydrogen (secondary N) is 1. The van der Waals surface area contributed by atoms with Crippen molar-refractivity contribution in [2.75, 3.05) is 147 Å². The van der Waals surface area contributed by atoms with E-state index in [2.05, 4.69) is 129 Å². The number of nitrogens with two attached hydrogens (primary N) is 3. The van der Waals surface area contributed by atoms with Crippen molar-refractivity contribution in [3.63, 3.8) is 0 Å². The maximum atomic E-state index is 15.7. The molecule has 5 saturated heterocycles. The summed E-state index contributed by atoms with van der Waals surface area (Å²) in [5.41, 5.74) is 26.4. The third-order valence-corrected chi connectivity index (χ3v) is 22.3. The molecule has 17 rings (SSSR count). The normalized spacial score (nSPS) is 15.3.